The standard InChI is InChI=1S/C24H30N4O3S/c1-5-30-21-12-7-18(16-22(21)31-6-2)13-14-26-24(28-23(25)15-17(3)32-28)27-19-8-10-20(29-4)11-9-19/h7-12,15-16,25H,5-6,13-14H2,1-4H3,(H,26,27). The van der Waals surface area contributed by atoms with Gasteiger partial charge in [0.1, 0.15) is 11.2 Å². The molecular weight excluding hydrogens is 424 g/mol. The predicted octanol–water partition coefficient (Wildman–Crippen LogP) is 4.70. The normalized spacial score (nSPS) is 11.3. The van der Waals surface area contributed by atoms with Gasteiger partial charge in [-0.05, 0) is 75.2 Å². The van der Waals surface area contributed by atoms with Crippen molar-refractivity contribution in [2.24, 2.45) is 4.99 Å². The number of benzene rings is 2. The molecule has 0 unspecified atom stereocenters. The quantitative estimate of drug-likeness (QED) is 0.363. The summed E-state index contributed by atoms with van der Waals surface area (Å²) in [6.45, 7) is 7.64. The van der Waals surface area contributed by atoms with Crippen molar-refractivity contribution in [1.82, 2.24) is 3.96 Å². The van der Waals surface area contributed by atoms with E-state index >= 15 is 0 Å². The van der Waals surface area contributed by atoms with Crippen molar-refractivity contribution in [2.45, 2.75) is 27.2 Å². The van der Waals surface area contributed by atoms with Crippen LogP contribution in [-0.4, -0.2) is 36.8 Å². The highest BCUT2D eigenvalue weighted by Gasteiger charge is 2.09. The Hall–Kier alpha value is -3.26. The van der Waals surface area contributed by atoms with Gasteiger partial charge in [-0.2, -0.15) is 0 Å². The molecule has 0 aliphatic carbocycles. The van der Waals surface area contributed by atoms with Gasteiger partial charge in [0.25, 0.3) is 0 Å². The molecule has 2 N–H and O–H groups in total. The van der Waals surface area contributed by atoms with E-state index in [0.29, 0.717) is 31.2 Å². The highest BCUT2D eigenvalue weighted by atomic mass is 32.1. The first-order chi connectivity index (χ1) is 15.5. The summed E-state index contributed by atoms with van der Waals surface area (Å²) in [6.07, 6.45) is 0.735. The van der Waals surface area contributed by atoms with Gasteiger partial charge < -0.3 is 19.5 Å². The van der Waals surface area contributed by atoms with Crippen LogP contribution >= 0.6 is 11.5 Å². The molecule has 3 rings (SSSR count). The Bertz CT molecular complexity index is 1100. The van der Waals surface area contributed by atoms with Gasteiger partial charge in [-0.25, -0.2) is 3.96 Å². The van der Waals surface area contributed by atoms with E-state index in [0.717, 1.165) is 39.8 Å². The van der Waals surface area contributed by atoms with Crippen LogP contribution < -0.4 is 25.0 Å². The lowest BCUT2D eigenvalue weighted by atomic mass is 10.1. The fraction of sp³-hybridized carbons (Fsp3) is 0.333. The first-order valence-electron chi connectivity index (χ1n) is 10.6. The van der Waals surface area contributed by atoms with Crippen molar-refractivity contribution >= 4 is 23.2 Å². The molecule has 0 spiro atoms. The third kappa shape index (κ3) is 6.13. The molecule has 8 heteroatoms. The first-order valence-corrected chi connectivity index (χ1v) is 11.4. The molecule has 32 heavy (non-hydrogen) atoms. The molecule has 0 aliphatic rings. The number of ether oxygens (including phenoxy) is 3. The fourth-order valence-corrected chi connectivity index (χ4v) is 3.92. The van der Waals surface area contributed by atoms with Gasteiger partial charge in [-0.15, -0.1) is 0 Å². The second-order valence-corrected chi connectivity index (χ2v) is 8.17. The number of aromatic nitrogens is 1. The van der Waals surface area contributed by atoms with E-state index in [1.54, 1.807) is 11.1 Å². The van der Waals surface area contributed by atoms with Crippen molar-refractivity contribution in [1.29, 1.82) is 5.41 Å². The lowest BCUT2D eigenvalue weighted by molar-refractivity contribution is 0.287. The first kappa shape index (κ1) is 23.4. The average molecular weight is 455 g/mol. The van der Waals surface area contributed by atoms with Crippen LogP contribution in [0.3, 0.4) is 0 Å². The topological polar surface area (TPSA) is 80.9 Å². The molecule has 170 valence electrons. The number of nitrogens with one attached hydrogen (secondary N) is 2. The summed E-state index contributed by atoms with van der Waals surface area (Å²) >= 11 is 1.49. The predicted molar refractivity (Wildman–Crippen MR) is 130 cm³/mol. The molecule has 0 amide bonds. The van der Waals surface area contributed by atoms with Gasteiger partial charge in [0.2, 0.25) is 5.96 Å². The number of anilines is 1. The monoisotopic (exact) mass is 454 g/mol. The molecule has 7 nitrogen and oxygen atoms in total. The van der Waals surface area contributed by atoms with Gasteiger partial charge in [0.15, 0.2) is 11.5 Å². The maximum atomic E-state index is 8.29. The van der Waals surface area contributed by atoms with E-state index in [9.17, 15) is 0 Å². The molecule has 0 fully saturated rings. The summed E-state index contributed by atoms with van der Waals surface area (Å²) in [5, 5.41) is 11.6. The van der Waals surface area contributed by atoms with Crippen molar-refractivity contribution in [3.05, 3.63) is 64.5 Å². The Balaban J connectivity index is 1.80. The molecule has 1 aromatic heterocycles. The average Bonchev–Trinajstić information content (AvgIpc) is 3.13. The highest BCUT2D eigenvalue weighted by Crippen LogP contribution is 2.28. The summed E-state index contributed by atoms with van der Waals surface area (Å²) < 4.78 is 18.4. The Labute approximate surface area is 193 Å². The number of hydrogen-bond acceptors (Lipinski definition) is 6. The van der Waals surface area contributed by atoms with E-state index in [-0.39, 0.29) is 0 Å². The van der Waals surface area contributed by atoms with E-state index in [1.165, 1.54) is 11.5 Å². The Morgan fingerprint density at radius 1 is 1.03 bits per heavy atom. The van der Waals surface area contributed by atoms with Crippen LogP contribution in [0.5, 0.6) is 17.2 Å². The van der Waals surface area contributed by atoms with Gasteiger partial charge in [-0.3, -0.25) is 10.4 Å². The fourth-order valence-electron chi connectivity index (χ4n) is 3.13. The van der Waals surface area contributed by atoms with Gasteiger partial charge in [-0.1, -0.05) is 17.6 Å². The van der Waals surface area contributed by atoms with Crippen LogP contribution in [0.4, 0.5) is 5.69 Å². The zero-order chi connectivity index (χ0) is 22.9. The zero-order valence-corrected chi connectivity index (χ0v) is 19.8. The minimum absolute atomic E-state index is 0.395. The van der Waals surface area contributed by atoms with Crippen molar-refractivity contribution in [3.63, 3.8) is 0 Å². The minimum atomic E-state index is 0.395. The van der Waals surface area contributed by atoms with Crippen LogP contribution in [0.2, 0.25) is 0 Å². The maximum Gasteiger partial charge on any atom is 0.218 e. The molecule has 2 aromatic carbocycles. The number of hydrogen-bond donors (Lipinski definition) is 2. The molecule has 3 aromatic rings. The third-order valence-electron chi connectivity index (χ3n) is 4.60. The largest absolute Gasteiger partial charge is 0.497 e. The molecular formula is C24H30N4O3S. The van der Waals surface area contributed by atoms with E-state index in [4.69, 9.17) is 24.6 Å². The van der Waals surface area contributed by atoms with Gasteiger partial charge >= 0.3 is 0 Å². The molecule has 0 saturated carbocycles. The van der Waals surface area contributed by atoms with Gasteiger partial charge in [0.05, 0.1) is 20.3 Å². The van der Waals surface area contributed by atoms with E-state index in [1.807, 2.05) is 69.3 Å². The zero-order valence-electron chi connectivity index (χ0n) is 19.0. The van der Waals surface area contributed by atoms with Gasteiger partial charge in [0, 0.05) is 17.1 Å². The second kappa shape index (κ2) is 11.4. The molecule has 0 saturated heterocycles. The van der Waals surface area contributed by atoms with Crippen molar-refractivity contribution < 1.29 is 14.2 Å². The van der Waals surface area contributed by atoms with Crippen molar-refractivity contribution in [2.75, 3.05) is 32.2 Å². The summed E-state index contributed by atoms with van der Waals surface area (Å²) in [6, 6.07) is 15.5. The number of methoxy groups -OCH3 is 1. The van der Waals surface area contributed by atoms with Crippen LogP contribution in [0, 0.1) is 12.3 Å². The second-order valence-electron chi connectivity index (χ2n) is 6.98. The summed E-state index contributed by atoms with van der Waals surface area (Å²) in [5.41, 5.74) is 2.39. The molecule has 0 bridgehead atoms. The Kier molecular flexibility index (Phi) is 8.33. The number of nitrogens with zero attached hydrogens (tertiary/aromatic N) is 2. The van der Waals surface area contributed by atoms with E-state index in [2.05, 4.69) is 5.32 Å². The highest BCUT2D eigenvalue weighted by molar-refractivity contribution is 7.07. The van der Waals surface area contributed by atoms with Crippen molar-refractivity contribution in [3.8, 4) is 17.2 Å². The summed E-state index contributed by atoms with van der Waals surface area (Å²) in [5.74, 6) is 2.92. The maximum absolute atomic E-state index is 8.29. The van der Waals surface area contributed by atoms with Crippen LogP contribution in [0.25, 0.3) is 0 Å². The Morgan fingerprint density at radius 2 is 1.75 bits per heavy atom. The number of aliphatic imine (C=N–C) groups is 1. The van der Waals surface area contributed by atoms with E-state index < -0.39 is 0 Å². The van der Waals surface area contributed by atoms with Crippen LogP contribution in [0.15, 0.2) is 53.5 Å². The molecule has 0 radical (unpaired) electrons. The lowest BCUT2D eigenvalue weighted by Gasteiger charge is -2.13. The number of rotatable bonds is 9. The third-order valence-corrected chi connectivity index (χ3v) is 5.56. The molecule has 0 aliphatic heterocycles. The molecule has 1 heterocycles. The molecule has 0 atom stereocenters. The van der Waals surface area contributed by atoms with Crippen LogP contribution in [-0.2, 0) is 6.42 Å². The minimum Gasteiger partial charge on any atom is -0.497 e. The smallest absolute Gasteiger partial charge is 0.218 e. The summed E-state index contributed by atoms with van der Waals surface area (Å²) in [4.78, 5) is 5.84. The summed E-state index contributed by atoms with van der Waals surface area (Å²) in [7, 11) is 1.64. The number of aryl methyl sites for hydroxylation is 1. The van der Waals surface area contributed by atoms with Crippen LogP contribution in [0.1, 0.15) is 24.3 Å². The SMILES string of the molecule is CCOc1ccc(CCN=C(Nc2ccc(OC)cc2)n2sc(C)cc2=N)cc1OCC. The lowest BCUT2D eigenvalue weighted by Crippen LogP contribution is -2.28. The Morgan fingerprint density at radius 3 is 2.38 bits per heavy atom.